The molecule has 0 unspecified atom stereocenters. The zero-order chi connectivity index (χ0) is 17.5. The van der Waals surface area contributed by atoms with Gasteiger partial charge in [0.15, 0.2) is 0 Å². The van der Waals surface area contributed by atoms with Gasteiger partial charge in [-0.05, 0) is 48.9 Å². The highest BCUT2D eigenvalue weighted by Crippen LogP contribution is 2.20. The summed E-state index contributed by atoms with van der Waals surface area (Å²) in [6.07, 6.45) is 1.31. The average Bonchev–Trinajstić information content (AvgIpc) is 2.59. The number of carbonyl (C=O) groups excluding carboxylic acids is 1. The third-order valence-corrected chi connectivity index (χ3v) is 3.60. The van der Waals surface area contributed by atoms with E-state index in [1.807, 2.05) is 19.1 Å². The predicted molar refractivity (Wildman–Crippen MR) is 93.3 cm³/mol. The van der Waals surface area contributed by atoms with Crippen molar-refractivity contribution < 1.29 is 4.79 Å². The van der Waals surface area contributed by atoms with Crippen LogP contribution in [0.1, 0.15) is 11.1 Å². The molecule has 0 aromatic heterocycles. The second-order valence-corrected chi connectivity index (χ2v) is 5.33. The molecule has 0 aliphatic rings. The molecule has 24 heavy (non-hydrogen) atoms. The van der Waals surface area contributed by atoms with Crippen molar-refractivity contribution in [1.82, 2.24) is 0 Å². The van der Waals surface area contributed by atoms with Crippen molar-refractivity contribution in [2.45, 2.75) is 6.92 Å². The number of benzene rings is 2. The van der Waals surface area contributed by atoms with E-state index in [4.69, 9.17) is 22.1 Å². The average molecular weight is 337 g/mol. The summed E-state index contributed by atoms with van der Waals surface area (Å²) in [5.41, 5.74) is 2.51. The molecule has 0 aliphatic carbocycles. The summed E-state index contributed by atoms with van der Waals surface area (Å²) in [6.45, 7) is 1.86. The van der Waals surface area contributed by atoms with Crippen molar-refractivity contribution in [2.24, 2.45) is 0 Å². The maximum absolute atomic E-state index is 12.1. The van der Waals surface area contributed by atoms with Gasteiger partial charge in [0.05, 0.1) is 11.6 Å². The van der Waals surface area contributed by atoms with Crippen molar-refractivity contribution in [3.05, 3.63) is 70.4 Å². The fraction of sp³-hybridized carbons (Fsp3) is 0.0556. The van der Waals surface area contributed by atoms with Crippen LogP contribution in [-0.2, 0) is 4.79 Å². The van der Waals surface area contributed by atoms with Crippen LogP contribution in [0.5, 0.6) is 0 Å². The van der Waals surface area contributed by atoms with Crippen molar-refractivity contribution in [3.8, 4) is 12.1 Å². The van der Waals surface area contributed by atoms with Crippen LogP contribution < -0.4 is 10.6 Å². The van der Waals surface area contributed by atoms with Gasteiger partial charge >= 0.3 is 0 Å². The second kappa shape index (κ2) is 7.82. The first kappa shape index (κ1) is 17.1. The first-order chi connectivity index (χ1) is 11.5. The molecule has 0 atom stereocenters. The molecule has 5 nitrogen and oxygen atoms in total. The van der Waals surface area contributed by atoms with Gasteiger partial charge in [0, 0.05) is 22.6 Å². The highest BCUT2D eigenvalue weighted by Gasteiger charge is 2.10. The van der Waals surface area contributed by atoms with Crippen LogP contribution in [0, 0.1) is 29.6 Å². The van der Waals surface area contributed by atoms with Gasteiger partial charge in [-0.1, -0.05) is 17.7 Å². The Morgan fingerprint density at radius 1 is 1.12 bits per heavy atom. The Hall–Kier alpha value is -3.28. The molecule has 0 saturated carbocycles. The number of nitrogens with one attached hydrogen (secondary N) is 2. The Bertz CT molecular complexity index is 873. The van der Waals surface area contributed by atoms with Gasteiger partial charge < -0.3 is 10.6 Å². The largest absolute Gasteiger partial charge is 0.360 e. The van der Waals surface area contributed by atoms with Crippen LogP contribution in [0.4, 0.5) is 11.4 Å². The molecule has 0 spiro atoms. The van der Waals surface area contributed by atoms with E-state index in [0.29, 0.717) is 22.0 Å². The van der Waals surface area contributed by atoms with Gasteiger partial charge in [-0.2, -0.15) is 10.5 Å². The summed E-state index contributed by atoms with van der Waals surface area (Å²) in [4.78, 5) is 12.1. The maximum atomic E-state index is 12.1. The van der Waals surface area contributed by atoms with Crippen LogP contribution >= 0.6 is 11.6 Å². The molecule has 0 saturated heterocycles. The van der Waals surface area contributed by atoms with E-state index in [-0.39, 0.29) is 5.57 Å². The normalized spacial score (nSPS) is 10.4. The van der Waals surface area contributed by atoms with Crippen LogP contribution in [-0.4, -0.2) is 5.91 Å². The van der Waals surface area contributed by atoms with E-state index < -0.39 is 5.91 Å². The van der Waals surface area contributed by atoms with E-state index in [1.54, 1.807) is 42.5 Å². The predicted octanol–water partition coefficient (Wildman–Crippen LogP) is 3.98. The lowest BCUT2D eigenvalue weighted by atomic mass is 10.2. The summed E-state index contributed by atoms with van der Waals surface area (Å²) in [6, 6.07) is 15.6. The quantitative estimate of drug-likeness (QED) is 0.653. The minimum absolute atomic E-state index is 0.0870. The first-order valence-corrected chi connectivity index (χ1v) is 7.36. The van der Waals surface area contributed by atoms with Gasteiger partial charge in [0.2, 0.25) is 0 Å². The highest BCUT2D eigenvalue weighted by atomic mass is 35.5. The first-order valence-electron chi connectivity index (χ1n) is 6.98. The summed E-state index contributed by atoms with van der Waals surface area (Å²) in [5, 5.41) is 23.9. The summed E-state index contributed by atoms with van der Waals surface area (Å²) in [7, 11) is 0. The van der Waals surface area contributed by atoms with E-state index in [1.165, 1.54) is 6.20 Å². The Kier molecular flexibility index (Phi) is 5.57. The Morgan fingerprint density at radius 2 is 1.79 bits per heavy atom. The van der Waals surface area contributed by atoms with Gasteiger partial charge in [0.25, 0.3) is 5.91 Å². The molecule has 2 rings (SSSR count). The minimum atomic E-state index is -0.543. The maximum Gasteiger partial charge on any atom is 0.267 e. The van der Waals surface area contributed by atoms with Gasteiger partial charge in [0.1, 0.15) is 11.6 Å². The number of carbonyl (C=O) groups is 1. The SMILES string of the molecule is Cc1ccc(NC(=O)/C(C#N)=C\Nc2ccc(C#N)cc2)cc1Cl. The molecule has 0 radical (unpaired) electrons. The number of nitriles is 2. The molecule has 2 N–H and O–H groups in total. The second-order valence-electron chi connectivity index (χ2n) is 4.92. The minimum Gasteiger partial charge on any atom is -0.360 e. The number of hydrogen-bond acceptors (Lipinski definition) is 4. The smallest absolute Gasteiger partial charge is 0.267 e. The van der Waals surface area contributed by atoms with E-state index in [9.17, 15) is 4.79 Å². The molecule has 2 aromatic rings. The third-order valence-electron chi connectivity index (χ3n) is 3.19. The molecule has 0 heterocycles. The summed E-state index contributed by atoms with van der Waals surface area (Å²) < 4.78 is 0. The Labute approximate surface area is 144 Å². The van der Waals surface area contributed by atoms with Crippen molar-refractivity contribution in [1.29, 1.82) is 10.5 Å². The molecule has 0 aliphatic heterocycles. The van der Waals surface area contributed by atoms with Gasteiger partial charge in [-0.3, -0.25) is 4.79 Å². The topological polar surface area (TPSA) is 88.7 Å². The summed E-state index contributed by atoms with van der Waals surface area (Å²) >= 11 is 6.01. The van der Waals surface area contributed by atoms with Crippen LogP contribution in [0.3, 0.4) is 0 Å². The zero-order valence-corrected chi connectivity index (χ0v) is 13.6. The van der Waals surface area contributed by atoms with Crippen molar-refractivity contribution >= 4 is 28.9 Å². The number of rotatable bonds is 4. The lowest BCUT2D eigenvalue weighted by Gasteiger charge is -2.07. The summed E-state index contributed by atoms with van der Waals surface area (Å²) in [5.74, 6) is -0.543. The molecule has 0 fully saturated rings. The van der Waals surface area contributed by atoms with Crippen molar-refractivity contribution in [3.63, 3.8) is 0 Å². The van der Waals surface area contributed by atoms with E-state index >= 15 is 0 Å². The number of amides is 1. The molecule has 1 amide bonds. The number of anilines is 2. The van der Waals surface area contributed by atoms with Gasteiger partial charge in [-0.25, -0.2) is 0 Å². The van der Waals surface area contributed by atoms with E-state index in [0.717, 1.165) is 5.56 Å². The Balaban J connectivity index is 2.08. The zero-order valence-electron chi connectivity index (χ0n) is 12.8. The van der Waals surface area contributed by atoms with Crippen LogP contribution in [0.2, 0.25) is 5.02 Å². The molecule has 0 bridgehead atoms. The lowest BCUT2D eigenvalue weighted by Crippen LogP contribution is -2.14. The Morgan fingerprint density at radius 3 is 2.38 bits per heavy atom. The fourth-order valence-corrected chi connectivity index (χ4v) is 1.99. The highest BCUT2D eigenvalue weighted by molar-refractivity contribution is 6.31. The van der Waals surface area contributed by atoms with Crippen molar-refractivity contribution in [2.75, 3.05) is 10.6 Å². The van der Waals surface area contributed by atoms with E-state index in [2.05, 4.69) is 10.6 Å². The standard InChI is InChI=1S/C18H13ClN4O/c1-12-2-5-16(8-17(12)19)23-18(24)14(10-21)11-22-15-6-3-13(9-20)4-7-15/h2-8,11,22H,1H3,(H,23,24)/b14-11-. The number of aryl methyl sites for hydroxylation is 1. The third kappa shape index (κ3) is 4.36. The number of nitrogens with zero attached hydrogens (tertiary/aromatic N) is 2. The van der Waals surface area contributed by atoms with Crippen LogP contribution in [0.25, 0.3) is 0 Å². The molecule has 118 valence electrons. The monoisotopic (exact) mass is 336 g/mol. The number of halogens is 1. The fourth-order valence-electron chi connectivity index (χ4n) is 1.81. The van der Waals surface area contributed by atoms with Gasteiger partial charge in [-0.15, -0.1) is 0 Å². The molecular weight excluding hydrogens is 324 g/mol. The molecule has 6 heteroatoms. The lowest BCUT2D eigenvalue weighted by molar-refractivity contribution is -0.112. The molecule has 2 aromatic carbocycles. The molecular formula is C18H13ClN4O. The van der Waals surface area contributed by atoms with Crippen LogP contribution in [0.15, 0.2) is 54.2 Å². The number of hydrogen-bond donors (Lipinski definition) is 2.